The van der Waals surface area contributed by atoms with E-state index >= 15 is 0 Å². The quantitative estimate of drug-likeness (QED) is 0.662. The second-order valence-corrected chi connectivity index (χ2v) is 9.34. The van der Waals surface area contributed by atoms with Gasteiger partial charge in [0.15, 0.2) is 5.13 Å². The van der Waals surface area contributed by atoms with E-state index in [1.807, 2.05) is 42.0 Å². The number of aromatic nitrogens is 1. The van der Waals surface area contributed by atoms with Gasteiger partial charge in [-0.1, -0.05) is 37.3 Å². The lowest BCUT2D eigenvalue weighted by molar-refractivity contribution is 0.256. The first-order valence-electron chi connectivity index (χ1n) is 7.83. The van der Waals surface area contributed by atoms with E-state index < -0.39 is 16.1 Å². The molecule has 2 heterocycles. The number of sulfonamides is 1. The second-order valence-electron chi connectivity index (χ2n) is 5.46. The summed E-state index contributed by atoms with van der Waals surface area (Å²) in [5.74, 6) is 0. The fourth-order valence-corrected chi connectivity index (χ4v) is 5.28. The van der Waals surface area contributed by atoms with E-state index in [1.165, 1.54) is 34.1 Å². The molecule has 9 heteroatoms. The first-order chi connectivity index (χ1) is 12.4. The number of nitrogens with zero attached hydrogens (tertiary/aromatic N) is 1. The number of thiophene rings is 1. The number of amides is 2. The molecule has 0 fully saturated rings. The molecule has 0 spiro atoms. The van der Waals surface area contributed by atoms with Crippen molar-refractivity contribution in [2.24, 2.45) is 0 Å². The summed E-state index contributed by atoms with van der Waals surface area (Å²) >= 11 is 2.64. The molecule has 0 radical (unpaired) electrons. The SMILES string of the molecule is CCc1sc(NC(=O)NS(=O)(=O)c2csc(C)c2)nc1-c1ccccc1. The van der Waals surface area contributed by atoms with Gasteiger partial charge in [0.05, 0.1) is 10.6 Å². The van der Waals surface area contributed by atoms with Gasteiger partial charge in [-0.05, 0) is 19.4 Å². The highest BCUT2D eigenvalue weighted by molar-refractivity contribution is 7.90. The molecule has 3 aromatic rings. The number of anilines is 1. The van der Waals surface area contributed by atoms with Gasteiger partial charge in [-0.15, -0.1) is 22.7 Å². The Morgan fingerprint density at radius 3 is 2.58 bits per heavy atom. The summed E-state index contributed by atoms with van der Waals surface area (Å²) in [6, 6.07) is 10.3. The molecule has 136 valence electrons. The van der Waals surface area contributed by atoms with Crippen molar-refractivity contribution in [1.29, 1.82) is 0 Å². The van der Waals surface area contributed by atoms with Crippen LogP contribution in [0, 0.1) is 6.92 Å². The lowest BCUT2D eigenvalue weighted by Gasteiger charge is -2.05. The van der Waals surface area contributed by atoms with Gasteiger partial charge in [-0.2, -0.15) is 0 Å². The molecular formula is C17H17N3O3S3. The third-order valence-corrected chi connectivity index (χ3v) is 6.97. The van der Waals surface area contributed by atoms with E-state index in [0.29, 0.717) is 5.13 Å². The Kier molecular flexibility index (Phi) is 5.40. The number of rotatable bonds is 5. The average molecular weight is 408 g/mol. The third kappa shape index (κ3) is 4.12. The number of urea groups is 1. The maximum atomic E-state index is 12.2. The standard InChI is InChI=1S/C17H17N3O3S3/c1-3-14-15(12-7-5-4-6-8-12)18-17(25-14)19-16(21)20-26(22,23)13-9-11(2)24-10-13/h4-10H,3H2,1-2H3,(H2,18,19,20,21). The first-order valence-corrected chi connectivity index (χ1v) is 11.0. The molecule has 0 unspecified atom stereocenters. The van der Waals surface area contributed by atoms with Crippen LogP contribution >= 0.6 is 22.7 Å². The Balaban J connectivity index is 1.77. The van der Waals surface area contributed by atoms with Crippen molar-refractivity contribution in [2.45, 2.75) is 25.2 Å². The molecule has 0 bridgehead atoms. The van der Waals surface area contributed by atoms with Crippen LogP contribution in [0.5, 0.6) is 0 Å². The van der Waals surface area contributed by atoms with E-state index in [-0.39, 0.29) is 4.90 Å². The van der Waals surface area contributed by atoms with Gasteiger partial charge < -0.3 is 0 Å². The van der Waals surface area contributed by atoms with Gasteiger partial charge in [0, 0.05) is 20.7 Å². The number of carbonyl (C=O) groups excluding carboxylic acids is 1. The summed E-state index contributed by atoms with van der Waals surface area (Å²) < 4.78 is 26.4. The van der Waals surface area contributed by atoms with Crippen LogP contribution < -0.4 is 10.0 Å². The monoisotopic (exact) mass is 407 g/mol. The Morgan fingerprint density at radius 1 is 1.23 bits per heavy atom. The van der Waals surface area contributed by atoms with Gasteiger partial charge in [0.1, 0.15) is 0 Å². The maximum absolute atomic E-state index is 12.2. The second kappa shape index (κ2) is 7.56. The normalized spacial score (nSPS) is 11.3. The van der Waals surface area contributed by atoms with Gasteiger partial charge in [0.25, 0.3) is 10.0 Å². The van der Waals surface area contributed by atoms with Crippen LogP contribution in [-0.2, 0) is 16.4 Å². The molecule has 0 aliphatic carbocycles. The van der Waals surface area contributed by atoms with Crippen LogP contribution in [0.2, 0.25) is 0 Å². The number of benzene rings is 1. The summed E-state index contributed by atoms with van der Waals surface area (Å²) in [4.78, 5) is 18.5. The summed E-state index contributed by atoms with van der Waals surface area (Å²) in [6.07, 6.45) is 0.762. The van der Waals surface area contributed by atoms with Crippen molar-refractivity contribution in [1.82, 2.24) is 9.71 Å². The highest BCUT2D eigenvalue weighted by Crippen LogP contribution is 2.31. The van der Waals surface area contributed by atoms with Crippen LogP contribution in [0.1, 0.15) is 16.7 Å². The zero-order valence-corrected chi connectivity index (χ0v) is 16.6. The summed E-state index contributed by atoms with van der Waals surface area (Å²) in [5, 5.41) is 4.37. The Hall–Kier alpha value is -2.23. The van der Waals surface area contributed by atoms with Gasteiger partial charge in [-0.3, -0.25) is 5.32 Å². The molecule has 2 N–H and O–H groups in total. The van der Waals surface area contributed by atoms with Crippen LogP contribution in [-0.4, -0.2) is 19.4 Å². The number of aryl methyl sites for hydroxylation is 2. The predicted molar refractivity (Wildman–Crippen MR) is 105 cm³/mol. The number of hydrogen-bond acceptors (Lipinski definition) is 6. The van der Waals surface area contributed by atoms with Crippen molar-refractivity contribution in [3.63, 3.8) is 0 Å². The van der Waals surface area contributed by atoms with Crippen LogP contribution in [0.25, 0.3) is 11.3 Å². The molecule has 0 aliphatic heterocycles. The highest BCUT2D eigenvalue weighted by atomic mass is 32.2. The Labute approximate surface area is 160 Å². The van der Waals surface area contributed by atoms with Crippen molar-refractivity contribution < 1.29 is 13.2 Å². The Morgan fingerprint density at radius 2 is 1.96 bits per heavy atom. The van der Waals surface area contributed by atoms with Crippen LogP contribution in [0.3, 0.4) is 0 Å². The lowest BCUT2D eigenvalue weighted by Crippen LogP contribution is -2.34. The minimum atomic E-state index is -3.89. The van der Waals surface area contributed by atoms with Crippen molar-refractivity contribution in [3.8, 4) is 11.3 Å². The minimum Gasteiger partial charge on any atom is -0.283 e. The third-order valence-electron chi connectivity index (χ3n) is 3.53. The van der Waals surface area contributed by atoms with Gasteiger partial charge >= 0.3 is 6.03 Å². The molecule has 2 aromatic heterocycles. The van der Waals surface area contributed by atoms with Crippen LogP contribution in [0.15, 0.2) is 46.7 Å². The maximum Gasteiger partial charge on any atom is 0.334 e. The molecule has 6 nitrogen and oxygen atoms in total. The van der Waals surface area contributed by atoms with Crippen molar-refractivity contribution in [2.75, 3.05) is 5.32 Å². The molecule has 26 heavy (non-hydrogen) atoms. The Bertz CT molecular complexity index is 1020. The number of thiazole rings is 1. The van der Waals surface area contributed by atoms with E-state index in [1.54, 1.807) is 6.92 Å². The molecule has 0 aliphatic rings. The smallest absolute Gasteiger partial charge is 0.283 e. The zero-order valence-electron chi connectivity index (χ0n) is 14.1. The molecule has 3 rings (SSSR count). The topological polar surface area (TPSA) is 88.2 Å². The summed E-state index contributed by atoms with van der Waals surface area (Å²) in [5.41, 5.74) is 1.75. The minimum absolute atomic E-state index is 0.0773. The zero-order chi connectivity index (χ0) is 18.7. The van der Waals surface area contributed by atoms with Crippen molar-refractivity contribution in [3.05, 3.63) is 51.5 Å². The molecule has 0 saturated carbocycles. The lowest BCUT2D eigenvalue weighted by atomic mass is 10.1. The molecule has 0 atom stereocenters. The predicted octanol–water partition coefficient (Wildman–Crippen LogP) is 4.25. The summed E-state index contributed by atoms with van der Waals surface area (Å²) in [6.45, 7) is 3.81. The fourth-order valence-electron chi connectivity index (χ4n) is 2.33. The average Bonchev–Trinajstić information content (AvgIpc) is 3.21. The molecule has 1 aromatic carbocycles. The molecular weight excluding hydrogens is 390 g/mol. The first kappa shape index (κ1) is 18.6. The number of nitrogens with one attached hydrogen (secondary N) is 2. The van der Waals surface area contributed by atoms with E-state index in [0.717, 1.165) is 27.4 Å². The van der Waals surface area contributed by atoms with Gasteiger partial charge in [-0.25, -0.2) is 22.9 Å². The van der Waals surface area contributed by atoms with Crippen LogP contribution in [0.4, 0.5) is 9.93 Å². The van der Waals surface area contributed by atoms with E-state index in [9.17, 15) is 13.2 Å². The number of hydrogen-bond donors (Lipinski definition) is 2. The summed E-state index contributed by atoms with van der Waals surface area (Å²) in [7, 11) is -3.89. The number of carbonyl (C=O) groups is 1. The largest absolute Gasteiger partial charge is 0.334 e. The highest BCUT2D eigenvalue weighted by Gasteiger charge is 2.20. The molecule has 0 saturated heterocycles. The fraction of sp³-hybridized carbons (Fsp3) is 0.176. The van der Waals surface area contributed by atoms with E-state index in [2.05, 4.69) is 10.3 Å². The van der Waals surface area contributed by atoms with E-state index in [4.69, 9.17) is 0 Å². The van der Waals surface area contributed by atoms with Crippen molar-refractivity contribution >= 4 is 43.9 Å². The van der Waals surface area contributed by atoms with Gasteiger partial charge in [0.2, 0.25) is 0 Å². The molecule has 2 amide bonds.